The third-order valence-electron chi connectivity index (χ3n) is 3.29. The van der Waals surface area contributed by atoms with E-state index in [0.717, 1.165) is 17.5 Å². The second-order valence-electron chi connectivity index (χ2n) is 4.79. The lowest BCUT2D eigenvalue weighted by atomic mass is 10.0. The van der Waals surface area contributed by atoms with Gasteiger partial charge in [-0.15, -0.1) is 0 Å². The Hall–Kier alpha value is -2.36. The van der Waals surface area contributed by atoms with Crippen LogP contribution < -0.4 is 5.32 Å². The average Bonchev–Trinajstić information content (AvgIpc) is 2.46. The second kappa shape index (κ2) is 6.19. The average molecular weight is 270 g/mol. The third kappa shape index (κ3) is 3.15. The van der Waals surface area contributed by atoms with Crippen molar-refractivity contribution in [2.75, 3.05) is 5.32 Å². The summed E-state index contributed by atoms with van der Waals surface area (Å²) in [7, 11) is 0. The lowest BCUT2D eigenvalue weighted by Crippen LogP contribution is -2.11. The summed E-state index contributed by atoms with van der Waals surface area (Å²) in [5, 5.41) is 14.4. The monoisotopic (exact) mass is 270 g/mol. The number of nitro groups is 1. The lowest BCUT2D eigenvalue weighted by molar-refractivity contribution is -0.384. The van der Waals surface area contributed by atoms with Crippen LogP contribution >= 0.6 is 0 Å². The zero-order chi connectivity index (χ0) is 14.5. The fraction of sp³-hybridized carbons (Fsp3) is 0.250. The molecule has 0 saturated carbocycles. The van der Waals surface area contributed by atoms with E-state index in [-0.39, 0.29) is 16.7 Å². The van der Waals surface area contributed by atoms with Gasteiger partial charge in [0.2, 0.25) is 0 Å². The van der Waals surface area contributed by atoms with E-state index in [1.165, 1.54) is 0 Å². The van der Waals surface area contributed by atoms with Crippen molar-refractivity contribution in [3.8, 4) is 0 Å². The van der Waals surface area contributed by atoms with E-state index in [2.05, 4.69) is 12.2 Å². The first-order valence-corrected chi connectivity index (χ1v) is 6.68. The summed E-state index contributed by atoms with van der Waals surface area (Å²) in [6.45, 7) is 3.91. The van der Waals surface area contributed by atoms with Crippen LogP contribution in [0, 0.1) is 17.0 Å². The van der Waals surface area contributed by atoms with Gasteiger partial charge >= 0.3 is 0 Å². The molecule has 0 aromatic heterocycles. The zero-order valence-electron chi connectivity index (χ0n) is 11.7. The molecule has 2 aromatic rings. The topological polar surface area (TPSA) is 55.2 Å². The Morgan fingerprint density at radius 1 is 1.20 bits per heavy atom. The zero-order valence-corrected chi connectivity index (χ0v) is 11.7. The van der Waals surface area contributed by atoms with Gasteiger partial charge < -0.3 is 5.32 Å². The molecule has 2 aromatic carbocycles. The van der Waals surface area contributed by atoms with Crippen molar-refractivity contribution in [1.29, 1.82) is 0 Å². The van der Waals surface area contributed by atoms with Gasteiger partial charge in [0.25, 0.3) is 5.69 Å². The molecule has 1 unspecified atom stereocenters. The van der Waals surface area contributed by atoms with Gasteiger partial charge in [-0.05, 0) is 30.5 Å². The standard InChI is InChI=1S/C16H18N2O2/c1-3-14(13-7-5-4-6-8-13)17-15-10-9-12(2)11-16(15)18(19)20/h4-11,14,17H,3H2,1-2H3. The van der Waals surface area contributed by atoms with E-state index in [1.54, 1.807) is 12.1 Å². The Kier molecular flexibility index (Phi) is 4.35. The first-order chi connectivity index (χ1) is 9.61. The molecular weight excluding hydrogens is 252 g/mol. The van der Waals surface area contributed by atoms with Crippen molar-refractivity contribution in [2.24, 2.45) is 0 Å². The number of nitrogens with one attached hydrogen (secondary N) is 1. The number of rotatable bonds is 5. The van der Waals surface area contributed by atoms with Crippen molar-refractivity contribution >= 4 is 11.4 Å². The summed E-state index contributed by atoms with van der Waals surface area (Å²) in [6.07, 6.45) is 0.856. The van der Waals surface area contributed by atoms with Gasteiger partial charge in [0.1, 0.15) is 5.69 Å². The van der Waals surface area contributed by atoms with Crippen molar-refractivity contribution in [2.45, 2.75) is 26.3 Å². The van der Waals surface area contributed by atoms with E-state index in [1.807, 2.05) is 43.3 Å². The Balaban J connectivity index is 2.31. The Morgan fingerprint density at radius 2 is 1.90 bits per heavy atom. The van der Waals surface area contributed by atoms with Crippen molar-refractivity contribution in [1.82, 2.24) is 0 Å². The van der Waals surface area contributed by atoms with Crippen LogP contribution in [-0.2, 0) is 0 Å². The first kappa shape index (κ1) is 14.1. The molecule has 0 radical (unpaired) electrons. The van der Waals surface area contributed by atoms with E-state index in [4.69, 9.17) is 0 Å². The largest absolute Gasteiger partial charge is 0.373 e. The molecule has 0 heterocycles. The van der Waals surface area contributed by atoms with E-state index < -0.39 is 0 Å². The summed E-state index contributed by atoms with van der Waals surface area (Å²) in [5.74, 6) is 0. The van der Waals surface area contributed by atoms with Gasteiger partial charge in [-0.2, -0.15) is 0 Å². The molecule has 0 saturated heterocycles. The number of aryl methyl sites for hydroxylation is 1. The van der Waals surface area contributed by atoms with Crippen LogP contribution in [0.1, 0.15) is 30.5 Å². The normalized spacial score (nSPS) is 11.9. The van der Waals surface area contributed by atoms with Gasteiger partial charge in [0, 0.05) is 6.07 Å². The first-order valence-electron chi connectivity index (χ1n) is 6.68. The van der Waals surface area contributed by atoms with Crippen LogP contribution in [0.4, 0.5) is 11.4 Å². The van der Waals surface area contributed by atoms with Gasteiger partial charge in [0.05, 0.1) is 11.0 Å². The maximum atomic E-state index is 11.1. The number of benzene rings is 2. The molecule has 0 amide bonds. The predicted octanol–water partition coefficient (Wildman–Crippen LogP) is 4.47. The van der Waals surface area contributed by atoms with Crippen LogP contribution in [0.15, 0.2) is 48.5 Å². The summed E-state index contributed by atoms with van der Waals surface area (Å²) in [5.41, 5.74) is 2.70. The smallest absolute Gasteiger partial charge is 0.292 e. The highest BCUT2D eigenvalue weighted by Crippen LogP contribution is 2.30. The predicted molar refractivity (Wildman–Crippen MR) is 80.9 cm³/mol. The second-order valence-corrected chi connectivity index (χ2v) is 4.79. The minimum absolute atomic E-state index is 0.0672. The van der Waals surface area contributed by atoms with Crippen molar-refractivity contribution in [3.63, 3.8) is 0 Å². The molecule has 104 valence electrons. The molecule has 0 bridgehead atoms. The molecule has 0 aliphatic rings. The summed E-state index contributed by atoms with van der Waals surface area (Å²) in [4.78, 5) is 10.8. The summed E-state index contributed by atoms with van der Waals surface area (Å²) >= 11 is 0. The highest BCUT2D eigenvalue weighted by atomic mass is 16.6. The molecule has 0 aliphatic carbocycles. The van der Waals surface area contributed by atoms with Gasteiger partial charge in [-0.25, -0.2) is 0 Å². The van der Waals surface area contributed by atoms with Gasteiger partial charge in [-0.3, -0.25) is 10.1 Å². The number of nitrogens with zero attached hydrogens (tertiary/aromatic N) is 1. The molecule has 1 N–H and O–H groups in total. The van der Waals surface area contributed by atoms with Crippen molar-refractivity contribution in [3.05, 3.63) is 69.8 Å². The van der Waals surface area contributed by atoms with Crippen LogP contribution in [-0.4, -0.2) is 4.92 Å². The molecular formula is C16H18N2O2. The van der Waals surface area contributed by atoms with Crippen molar-refractivity contribution < 1.29 is 4.92 Å². The number of anilines is 1. The molecule has 1 atom stereocenters. The Labute approximate surface area is 118 Å². The Bertz CT molecular complexity index is 597. The van der Waals surface area contributed by atoms with Crippen LogP contribution in [0.5, 0.6) is 0 Å². The molecule has 0 spiro atoms. The quantitative estimate of drug-likeness (QED) is 0.644. The molecule has 0 fully saturated rings. The molecule has 4 nitrogen and oxygen atoms in total. The SMILES string of the molecule is CCC(Nc1ccc(C)cc1[N+](=O)[O-])c1ccccc1. The fourth-order valence-electron chi connectivity index (χ4n) is 2.21. The highest BCUT2D eigenvalue weighted by Gasteiger charge is 2.17. The number of hydrogen-bond donors (Lipinski definition) is 1. The van der Waals surface area contributed by atoms with Crippen LogP contribution in [0.3, 0.4) is 0 Å². The summed E-state index contributed by atoms with van der Waals surface area (Å²) in [6, 6.07) is 15.3. The maximum Gasteiger partial charge on any atom is 0.292 e. The molecule has 4 heteroatoms. The minimum Gasteiger partial charge on any atom is -0.373 e. The molecule has 20 heavy (non-hydrogen) atoms. The molecule has 2 rings (SSSR count). The van der Waals surface area contributed by atoms with Crippen LogP contribution in [0.25, 0.3) is 0 Å². The number of nitro benzene ring substituents is 1. The minimum atomic E-state index is -0.340. The number of hydrogen-bond acceptors (Lipinski definition) is 3. The van der Waals surface area contributed by atoms with E-state index >= 15 is 0 Å². The molecule has 0 aliphatic heterocycles. The fourth-order valence-corrected chi connectivity index (χ4v) is 2.21. The van der Waals surface area contributed by atoms with E-state index in [0.29, 0.717) is 5.69 Å². The van der Waals surface area contributed by atoms with E-state index in [9.17, 15) is 10.1 Å². The van der Waals surface area contributed by atoms with Crippen LogP contribution in [0.2, 0.25) is 0 Å². The summed E-state index contributed by atoms with van der Waals surface area (Å²) < 4.78 is 0. The maximum absolute atomic E-state index is 11.1. The van der Waals surface area contributed by atoms with Gasteiger partial charge in [0.15, 0.2) is 0 Å². The van der Waals surface area contributed by atoms with Gasteiger partial charge in [-0.1, -0.05) is 43.3 Å². The Morgan fingerprint density at radius 3 is 2.50 bits per heavy atom. The lowest BCUT2D eigenvalue weighted by Gasteiger charge is -2.18. The highest BCUT2D eigenvalue weighted by molar-refractivity contribution is 5.63. The third-order valence-corrected chi connectivity index (χ3v) is 3.29.